The molecule has 7 nitrogen and oxygen atoms in total. The standard InChI is InChI=1S/C33H27F3N4O3/c1-20(37-29(41)17-22-15-25(35)18-26(36)16-22)32(42)39-31-33(43)40(19-21-8-7-11-24(34)14-21)28-13-6-5-12-27(28)30(38-31)23-9-3-2-4-10-23/h2-16,18,20,31H,17,19H2,1H3,(H,37,41)(H,39,42)/t20-,31?/m0/s1. The van der Waals surface area contributed by atoms with Crippen LogP contribution >= 0.6 is 0 Å². The largest absolute Gasteiger partial charge is 0.344 e. The molecule has 0 fully saturated rings. The molecule has 3 amide bonds. The Bertz CT molecular complexity index is 1690. The van der Waals surface area contributed by atoms with Gasteiger partial charge in [-0.05, 0) is 48.4 Å². The van der Waals surface area contributed by atoms with E-state index in [2.05, 4.69) is 15.6 Å². The maximum absolute atomic E-state index is 14.0. The number of amides is 3. The van der Waals surface area contributed by atoms with Crippen molar-refractivity contribution in [1.82, 2.24) is 10.6 Å². The summed E-state index contributed by atoms with van der Waals surface area (Å²) in [6, 6.07) is 23.8. The Morgan fingerprint density at radius 3 is 2.23 bits per heavy atom. The second-order valence-corrected chi connectivity index (χ2v) is 10.1. The number of anilines is 1. The molecule has 0 saturated carbocycles. The summed E-state index contributed by atoms with van der Waals surface area (Å²) >= 11 is 0. The minimum absolute atomic E-state index is 0.00799. The molecule has 1 aliphatic heterocycles. The van der Waals surface area contributed by atoms with E-state index in [-0.39, 0.29) is 18.5 Å². The number of nitrogens with zero attached hydrogens (tertiary/aromatic N) is 2. The zero-order chi connectivity index (χ0) is 30.5. The lowest BCUT2D eigenvalue weighted by atomic mass is 10.00. The normalized spacial score (nSPS) is 15.2. The molecule has 0 aromatic heterocycles. The van der Waals surface area contributed by atoms with Crippen molar-refractivity contribution in [3.8, 4) is 0 Å². The first-order valence-corrected chi connectivity index (χ1v) is 13.5. The number of carbonyl (C=O) groups excluding carboxylic acids is 3. The number of nitrogens with one attached hydrogen (secondary N) is 2. The predicted octanol–water partition coefficient (Wildman–Crippen LogP) is 4.68. The summed E-state index contributed by atoms with van der Waals surface area (Å²) in [6.45, 7) is 1.43. The predicted molar refractivity (Wildman–Crippen MR) is 156 cm³/mol. The van der Waals surface area contributed by atoms with Crippen LogP contribution in [0.1, 0.15) is 29.2 Å². The molecule has 10 heteroatoms. The van der Waals surface area contributed by atoms with Crippen molar-refractivity contribution in [3.05, 3.63) is 137 Å². The molecule has 1 unspecified atom stereocenters. The second-order valence-electron chi connectivity index (χ2n) is 10.1. The first kappa shape index (κ1) is 29.2. The van der Waals surface area contributed by atoms with Crippen LogP contribution in [0.15, 0.2) is 102 Å². The number of fused-ring (bicyclic) bond motifs is 1. The third kappa shape index (κ3) is 6.98. The highest BCUT2D eigenvalue weighted by Gasteiger charge is 2.34. The molecular weight excluding hydrogens is 557 g/mol. The summed E-state index contributed by atoms with van der Waals surface area (Å²) in [5.41, 5.74) is 2.97. The molecule has 5 rings (SSSR count). The van der Waals surface area contributed by atoms with Crippen LogP contribution in [0, 0.1) is 17.5 Å². The molecule has 0 saturated heterocycles. The van der Waals surface area contributed by atoms with E-state index >= 15 is 0 Å². The quantitative estimate of drug-likeness (QED) is 0.315. The van der Waals surface area contributed by atoms with Gasteiger partial charge < -0.3 is 15.5 Å². The fourth-order valence-electron chi connectivity index (χ4n) is 4.85. The number of rotatable bonds is 8. The maximum Gasteiger partial charge on any atom is 0.272 e. The highest BCUT2D eigenvalue weighted by Crippen LogP contribution is 2.29. The van der Waals surface area contributed by atoms with E-state index in [1.807, 2.05) is 42.5 Å². The summed E-state index contributed by atoms with van der Waals surface area (Å²) in [5.74, 6) is -4.01. The van der Waals surface area contributed by atoms with Gasteiger partial charge >= 0.3 is 0 Å². The van der Waals surface area contributed by atoms with E-state index in [0.29, 0.717) is 34.2 Å². The van der Waals surface area contributed by atoms with Gasteiger partial charge in [0.05, 0.1) is 24.4 Å². The lowest BCUT2D eigenvalue weighted by molar-refractivity contribution is -0.130. The first-order chi connectivity index (χ1) is 20.7. The molecule has 1 heterocycles. The van der Waals surface area contributed by atoms with Gasteiger partial charge in [0.15, 0.2) is 0 Å². The first-order valence-electron chi connectivity index (χ1n) is 13.5. The highest BCUT2D eigenvalue weighted by molar-refractivity contribution is 6.20. The molecule has 0 bridgehead atoms. The Balaban J connectivity index is 1.43. The van der Waals surface area contributed by atoms with E-state index < -0.39 is 47.4 Å². The van der Waals surface area contributed by atoms with Crippen LogP contribution in [0.4, 0.5) is 18.9 Å². The van der Waals surface area contributed by atoms with Crippen LogP contribution in [0.3, 0.4) is 0 Å². The molecule has 0 spiro atoms. The van der Waals surface area contributed by atoms with Crippen molar-refractivity contribution in [1.29, 1.82) is 0 Å². The Hall–Kier alpha value is -5.25. The number of aliphatic imine (C=N–C) groups is 1. The summed E-state index contributed by atoms with van der Waals surface area (Å²) < 4.78 is 41.1. The SMILES string of the molecule is C[C@H](NC(=O)Cc1cc(F)cc(F)c1)C(=O)NC1N=C(c2ccccc2)c2ccccc2N(Cc2cccc(F)c2)C1=O. The van der Waals surface area contributed by atoms with Crippen LogP contribution in [0.5, 0.6) is 0 Å². The molecule has 4 aromatic carbocycles. The van der Waals surface area contributed by atoms with E-state index in [9.17, 15) is 27.6 Å². The van der Waals surface area contributed by atoms with Crippen molar-refractivity contribution >= 4 is 29.1 Å². The maximum atomic E-state index is 14.0. The van der Waals surface area contributed by atoms with E-state index in [1.165, 1.54) is 24.0 Å². The van der Waals surface area contributed by atoms with Crippen LogP contribution in [0.25, 0.3) is 0 Å². The molecule has 0 radical (unpaired) electrons. The van der Waals surface area contributed by atoms with E-state index in [1.54, 1.807) is 24.3 Å². The van der Waals surface area contributed by atoms with Crippen molar-refractivity contribution in [2.24, 2.45) is 4.99 Å². The number of halogens is 3. The average Bonchev–Trinajstić information content (AvgIpc) is 3.08. The highest BCUT2D eigenvalue weighted by atomic mass is 19.1. The van der Waals surface area contributed by atoms with Crippen LogP contribution in [-0.4, -0.2) is 35.6 Å². The van der Waals surface area contributed by atoms with Crippen molar-refractivity contribution in [2.75, 3.05) is 4.90 Å². The van der Waals surface area contributed by atoms with Crippen LogP contribution in [-0.2, 0) is 27.3 Å². The molecule has 43 heavy (non-hydrogen) atoms. The third-order valence-electron chi connectivity index (χ3n) is 6.82. The molecule has 1 aliphatic rings. The second kappa shape index (κ2) is 12.7. The lowest BCUT2D eigenvalue weighted by Gasteiger charge is -2.26. The monoisotopic (exact) mass is 584 g/mol. The number of benzodiazepines with no additional fused rings is 1. The van der Waals surface area contributed by atoms with E-state index in [0.717, 1.165) is 12.1 Å². The molecule has 0 aliphatic carbocycles. The number of hydrogen-bond acceptors (Lipinski definition) is 4. The van der Waals surface area contributed by atoms with Gasteiger partial charge in [-0.25, -0.2) is 18.2 Å². The van der Waals surface area contributed by atoms with Crippen LogP contribution in [0.2, 0.25) is 0 Å². The molecule has 218 valence electrons. The Labute approximate surface area is 246 Å². The number of carbonyl (C=O) groups is 3. The zero-order valence-corrected chi connectivity index (χ0v) is 23.1. The summed E-state index contributed by atoms with van der Waals surface area (Å²) in [6.07, 6.45) is -1.75. The van der Waals surface area contributed by atoms with Gasteiger partial charge in [-0.15, -0.1) is 0 Å². The minimum Gasteiger partial charge on any atom is -0.344 e. The number of para-hydroxylation sites is 1. The molecule has 2 N–H and O–H groups in total. The Morgan fingerprint density at radius 1 is 0.837 bits per heavy atom. The summed E-state index contributed by atoms with van der Waals surface area (Å²) in [4.78, 5) is 46.0. The van der Waals surface area contributed by atoms with Crippen molar-refractivity contribution in [2.45, 2.75) is 32.1 Å². The Kier molecular flexibility index (Phi) is 8.66. The molecule has 2 atom stereocenters. The Morgan fingerprint density at radius 2 is 1.51 bits per heavy atom. The van der Waals surface area contributed by atoms with Crippen LogP contribution < -0.4 is 15.5 Å². The fourth-order valence-corrected chi connectivity index (χ4v) is 4.85. The van der Waals surface area contributed by atoms with Crippen molar-refractivity contribution < 1.29 is 27.6 Å². The molecule has 4 aromatic rings. The van der Waals surface area contributed by atoms with Gasteiger partial charge in [-0.2, -0.15) is 0 Å². The lowest BCUT2D eigenvalue weighted by Crippen LogP contribution is -2.53. The van der Waals surface area contributed by atoms with Gasteiger partial charge in [0.1, 0.15) is 23.5 Å². The smallest absolute Gasteiger partial charge is 0.272 e. The van der Waals surface area contributed by atoms with Gasteiger partial charge in [-0.3, -0.25) is 14.4 Å². The molecular formula is C33H27F3N4O3. The van der Waals surface area contributed by atoms with Crippen molar-refractivity contribution in [3.63, 3.8) is 0 Å². The summed E-state index contributed by atoms with van der Waals surface area (Å²) in [5, 5.41) is 5.12. The van der Waals surface area contributed by atoms with Gasteiger partial charge in [0.2, 0.25) is 18.0 Å². The fraction of sp³-hybridized carbons (Fsp3) is 0.152. The van der Waals surface area contributed by atoms with Gasteiger partial charge in [0, 0.05) is 17.2 Å². The topological polar surface area (TPSA) is 90.9 Å². The zero-order valence-electron chi connectivity index (χ0n) is 23.1. The average molecular weight is 585 g/mol. The number of benzene rings is 4. The van der Waals surface area contributed by atoms with Gasteiger partial charge in [-0.1, -0.05) is 60.7 Å². The van der Waals surface area contributed by atoms with Gasteiger partial charge in [0.25, 0.3) is 5.91 Å². The number of hydrogen-bond donors (Lipinski definition) is 2. The van der Waals surface area contributed by atoms with E-state index in [4.69, 9.17) is 0 Å². The minimum atomic E-state index is -1.39. The summed E-state index contributed by atoms with van der Waals surface area (Å²) in [7, 11) is 0. The third-order valence-corrected chi connectivity index (χ3v) is 6.82.